The van der Waals surface area contributed by atoms with Gasteiger partial charge < -0.3 is 14.2 Å². The van der Waals surface area contributed by atoms with E-state index in [1.807, 2.05) is 0 Å². The fourth-order valence-corrected chi connectivity index (χ4v) is 1.00. The quantitative estimate of drug-likeness (QED) is 0.594. The summed E-state index contributed by atoms with van der Waals surface area (Å²) < 4.78 is 15.1. The molecule has 4 nitrogen and oxygen atoms in total. The summed E-state index contributed by atoms with van der Waals surface area (Å²) >= 11 is 5.01. The van der Waals surface area contributed by atoms with Crippen molar-refractivity contribution in [3.05, 3.63) is 0 Å². The molecule has 0 unspecified atom stereocenters. The average molecular weight is 195 g/mol. The van der Waals surface area contributed by atoms with Crippen molar-refractivity contribution in [1.29, 1.82) is 0 Å². The first-order valence-electron chi connectivity index (χ1n) is 3.64. The lowest BCUT2D eigenvalue weighted by molar-refractivity contribution is -0.271. The van der Waals surface area contributed by atoms with E-state index in [0.717, 1.165) is 0 Å². The molecule has 1 saturated heterocycles. The van der Waals surface area contributed by atoms with E-state index in [9.17, 15) is 4.79 Å². The third-order valence-corrected chi connectivity index (χ3v) is 1.58. The van der Waals surface area contributed by atoms with Crippen molar-refractivity contribution in [3.8, 4) is 0 Å². The number of halogens is 1. The van der Waals surface area contributed by atoms with E-state index in [1.165, 1.54) is 0 Å². The van der Waals surface area contributed by atoms with Crippen LogP contribution in [0.2, 0.25) is 0 Å². The van der Waals surface area contributed by atoms with Crippen LogP contribution in [-0.4, -0.2) is 30.5 Å². The normalized spacial score (nSPS) is 23.6. The third-order valence-electron chi connectivity index (χ3n) is 1.49. The zero-order valence-electron chi connectivity index (χ0n) is 7.00. The number of carbonyl (C=O) groups is 1. The van der Waals surface area contributed by atoms with Crippen molar-refractivity contribution in [3.63, 3.8) is 0 Å². The predicted molar refractivity (Wildman–Crippen MR) is 42.1 cm³/mol. The molecule has 0 aromatic carbocycles. The molecule has 0 saturated carbocycles. The number of ether oxygens (including phenoxy) is 3. The summed E-state index contributed by atoms with van der Waals surface area (Å²) in [7, 11) is 0. The molecule has 0 aromatic rings. The van der Waals surface area contributed by atoms with Gasteiger partial charge in [0.2, 0.25) is 0 Å². The first kappa shape index (κ1) is 9.77. The SMILES string of the molecule is CC1(C)OCC(OC(=O)Cl)CO1. The van der Waals surface area contributed by atoms with Crippen molar-refractivity contribution in [2.45, 2.75) is 25.7 Å². The van der Waals surface area contributed by atoms with Gasteiger partial charge in [0.25, 0.3) is 0 Å². The van der Waals surface area contributed by atoms with Crippen LogP contribution in [0.15, 0.2) is 0 Å². The first-order chi connectivity index (χ1) is 5.49. The van der Waals surface area contributed by atoms with Crippen LogP contribution >= 0.6 is 11.6 Å². The minimum atomic E-state index is -0.827. The maximum absolute atomic E-state index is 10.3. The molecule has 0 aliphatic carbocycles. The highest BCUT2D eigenvalue weighted by Gasteiger charge is 2.29. The molecule has 0 atom stereocenters. The molecule has 1 heterocycles. The third kappa shape index (κ3) is 2.97. The van der Waals surface area contributed by atoms with Crippen LogP contribution < -0.4 is 0 Å². The summed E-state index contributed by atoms with van der Waals surface area (Å²) in [4.78, 5) is 10.3. The maximum atomic E-state index is 10.3. The van der Waals surface area contributed by atoms with E-state index in [4.69, 9.17) is 21.1 Å². The Morgan fingerprint density at radius 3 is 2.42 bits per heavy atom. The van der Waals surface area contributed by atoms with E-state index in [-0.39, 0.29) is 6.10 Å². The van der Waals surface area contributed by atoms with E-state index in [2.05, 4.69) is 4.74 Å². The molecule has 12 heavy (non-hydrogen) atoms. The van der Waals surface area contributed by atoms with Gasteiger partial charge in [0.1, 0.15) is 6.10 Å². The van der Waals surface area contributed by atoms with Gasteiger partial charge in [-0.2, -0.15) is 0 Å². The predicted octanol–water partition coefficient (Wildman–Crippen LogP) is 1.51. The molecule has 70 valence electrons. The molecule has 0 bridgehead atoms. The van der Waals surface area contributed by atoms with Crippen LogP contribution in [0.5, 0.6) is 0 Å². The van der Waals surface area contributed by atoms with Gasteiger partial charge in [-0.15, -0.1) is 0 Å². The fourth-order valence-electron chi connectivity index (χ4n) is 0.876. The number of hydrogen-bond acceptors (Lipinski definition) is 4. The highest BCUT2D eigenvalue weighted by Crippen LogP contribution is 2.18. The van der Waals surface area contributed by atoms with Gasteiger partial charge in [0.15, 0.2) is 5.79 Å². The summed E-state index contributed by atoms with van der Waals surface area (Å²) in [5.74, 6) is -0.588. The average Bonchev–Trinajstić information content (AvgIpc) is 1.93. The van der Waals surface area contributed by atoms with E-state index in [0.29, 0.717) is 13.2 Å². The zero-order valence-corrected chi connectivity index (χ0v) is 7.76. The van der Waals surface area contributed by atoms with Gasteiger partial charge in [-0.1, -0.05) is 0 Å². The lowest BCUT2D eigenvalue weighted by Crippen LogP contribution is -2.43. The summed E-state index contributed by atoms with van der Waals surface area (Å²) in [6.45, 7) is 4.24. The van der Waals surface area contributed by atoms with E-state index >= 15 is 0 Å². The van der Waals surface area contributed by atoms with Crippen LogP contribution in [0.4, 0.5) is 4.79 Å². The summed E-state index contributed by atoms with van der Waals surface area (Å²) in [6.07, 6.45) is -0.386. The molecular formula is C7H11ClO4. The molecule has 5 heteroatoms. The summed E-state index contributed by atoms with van der Waals surface area (Å²) in [5.41, 5.74) is -0.827. The monoisotopic (exact) mass is 194 g/mol. The van der Waals surface area contributed by atoms with Crippen molar-refractivity contribution in [1.82, 2.24) is 0 Å². The molecule has 0 N–H and O–H groups in total. The molecular weight excluding hydrogens is 184 g/mol. The molecule has 0 amide bonds. The van der Waals surface area contributed by atoms with Crippen molar-refractivity contribution >= 4 is 17.0 Å². The molecule has 0 radical (unpaired) electrons. The Hall–Kier alpha value is -0.320. The fraction of sp³-hybridized carbons (Fsp3) is 0.857. The highest BCUT2D eigenvalue weighted by molar-refractivity contribution is 6.61. The van der Waals surface area contributed by atoms with Crippen LogP contribution in [-0.2, 0) is 14.2 Å². The molecule has 1 aliphatic heterocycles. The Labute approximate surface area is 75.7 Å². The summed E-state index contributed by atoms with van der Waals surface area (Å²) in [5, 5.41) is 0. The minimum absolute atomic E-state index is 0.325. The molecule has 1 fully saturated rings. The van der Waals surface area contributed by atoms with Crippen molar-refractivity contribution in [2.24, 2.45) is 0 Å². The van der Waals surface area contributed by atoms with Crippen molar-refractivity contribution in [2.75, 3.05) is 13.2 Å². The minimum Gasteiger partial charge on any atom is -0.445 e. The largest absolute Gasteiger partial charge is 0.445 e. The molecule has 1 rings (SSSR count). The Morgan fingerprint density at radius 2 is 2.00 bits per heavy atom. The number of rotatable bonds is 1. The second-order valence-electron chi connectivity index (χ2n) is 3.00. The van der Waals surface area contributed by atoms with Crippen LogP contribution in [0.25, 0.3) is 0 Å². The topological polar surface area (TPSA) is 44.8 Å². The first-order valence-corrected chi connectivity index (χ1v) is 4.01. The second kappa shape index (κ2) is 3.60. The Kier molecular flexibility index (Phi) is 2.93. The van der Waals surface area contributed by atoms with Crippen LogP contribution in [0.1, 0.15) is 13.8 Å². The van der Waals surface area contributed by atoms with Gasteiger partial charge in [-0.05, 0) is 13.8 Å². The Morgan fingerprint density at radius 1 is 1.50 bits per heavy atom. The van der Waals surface area contributed by atoms with Gasteiger partial charge in [-0.3, -0.25) is 0 Å². The van der Waals surface area contributed by atoms with Gasteiger partial charge >= 0.3 is 5.43 Å². The van der Waals surface area contributed by atoms with E-state index < -0.39 is 11.2 Å². The lowest BCUT2D eigenvalue weighted by Gasteiger charge is -2.33. The smallest absolute Gasteiger partial charge is 0.404 e. The summed E-state index contributed by atoms with van der Waals surface area (Å²) in [6, 6.07) is 0. The molecule has 0 aromatic heterocycles. The lowest BCUT2D eigenvalue weighted by atomic mass is 10.3. The van der Waals surface area contributed by atoms with Gasteiger partial charge in [0, 0.05) is 11.6 Å². The zero-order chi connectivity index (χ0) is 9.19. The maximum Gasteiger partial charge on any atom is 0.404 e. The Bertz CT molecular complexity index is 170. The van der Waals surface area contributed by atoms with Gasteiger partial charge in [0.05, 0.1) is 13.2 Å². The number of carbonyl (C=O) groups excluding carboxylic acids is 1. The van der Waals surface area contributed by atoms with Crippen LogP contribution in [0, 0.1) is 0 Å². The van der Waals surface area contributed by atoms with Crippen LogP contribution in [0.3, 0.4) is 0 Å². The van der Waals surface area contributed by atoms with E-state index in [1.54, 1.807) is 13.8 Å². The Balaban J connectivity index is 2.31. The number of hydrogen-bond donors (Lipinski definition) is 0. The second-order valence-corrected chi connectivity index (χ2v) is 3.31. The molecule has 1 aliphatic rings. The standard InChI is InChI=1S/C7H11ClO4/c1-7(2)10-3-5(4-11-7)12-6(8)9/h5H,3-4H2,1-2H3. The molecule has 0 spiro atoms. The van der Waals surface area contributed by atoms with Gasteiger partial charge in [-0.25, -0.2) is 4.79 Å². The highest BCUT2D eigenvalue weighted by atomic mass is 35.5. The van der Waals surface area contributed by atoms with Crippen molar-refractivity contribution < 1.29 is 19.0 Å².